The number of rotatable bonds is 2. The summed E-state index contributed by atoms with van der Waals surface area (Å²) in [5.74, 6) is -2.83. The molecule has 1 aliphatic rings. The smallest absolute Gasteiger partial charge is 0.471 e. The zero-order valence-electron chi connectivity index (χ0n) is 13.4. The van der Waals surface area contributed by atoms with Crippen molar-refractivity contribution >= 4 is 28.9 Å². The molecule has 11 heteroatoms. The second-order valence-electron chi connectivity index (χ2n) is 6.01. The second-order valence-corrected chi connectivity index (χ2v) is 6.01. The Kier molecular flexibility index (Phi) is 4.36. The van der Waals surface area contributed by atoms with E-state index in [4.69, 9.17) is 4.74 Å². The molecular formula is C14H14F3N3O5. The molecule has 0 unspecified atom stereocenters. The first-order valence-electron chi connectivity index (χ1n) is 6.99. The lowest BCUT2D eigenvalue weighted by molar-refractivity contribution is -0.384. The van der Waals surface area contributed by atoms with E-state index in [-0.39, 0.29) is 18.0 Å². The predicted molar refractivity (Wildman–Crippen MR) is 80.5 cm³/mol. The van der Waals surface area contributed by atoms with Crippen molar-refractivity contribution in [1.29, 1.82) is 0 Å². The minimum Gasteiger partial charge on any atom is -0.484 e. The fourth-order valence-electron chi connectivity index (χ4n) is 2.37. The summed E-state index contributed by atoms with van der Waals surface area (Å²) in [6.07, 6.45) is -5.22. The van der Waals surface area contributed by atoms with Crippen molar-refractivity contribution in [1.82, 2.24) is 0 Å². The highest BCUT2D eigenvalue weighted by molar-refractivity contribution is 6.00. The van der Waals surface area contributed by atoms with E-state index in [9.17, 15) is 32.9 Å². The number of anilines is 2. The normalized spacial score (nSPS) is 15.8. The van der Waals surface area contributed by atoms with Gasteiger partial charge in [-0.2, -0.15) is 13.2 Å². The zero-order valence-corrected chi connectivity index (χ0v) is 13.4. The Hall–Kier alpha value is -2.85. The summed E-state index contributed by atoms with van der Waals surface area (Å²) in [5.41, 5.74) is -2.28. The minimum atomic E-state index is -5.22. The van der Waals surface area contributed by atoms with Crippen LogP contribution in [-0.4, -0.2) is 35.1 Å². The number of alkyl halides is 3. The van der Waals surface area contributed by atoms with Gasteiger partial charge in [0.15, 0.2) is 5.75 Å². The molecule has 1 aromatic rings. The standard InChI is InChI=1S/C14H14F3N3O5/c1-7(21)19-6-13(2,3)25-11-5-9(20(23)24)8(4-10(11)19)18-12(22)14(15,16)17/h4-5H,6H2,1-3H3,(H,18,22). The monoisotopic (exact) mass is 361 g/mol. The third-order valence-electron chi connectivity index (χ3n) is 3.38. The molecule has 1 heterocycles. The highest BCUT2D eigenvalue weighted by atomic mass is 19.4. The lowest BCUT2D eigenvalue weighted by Gasteiger charge is -2.39. The van der Waals surface area contributed by atoms with E-state index in [0.717, 1.165) is 12.1 Å². The number of hydrogen-bond donors (Lipinski definition) is 1. The van der Waals surface area contributed by atoms with Gasteiger partial charge in [-0.3, -0.25) is 19.7 Å². The molecule has 0 radical (unpaired) electrons. The number of nitro groups is 1. The largest absolute Gasteiger partial charge is 0.484 e. The average molecular weight is 361 g/mol. The van der Waals surface area contributed by atoms with Crippen LogP contribution in [0.25, 0.3) is 0 Å². The minimum absolute atomic E-state index is 0.0369. The van der Waals surface area contributed by atoms with Gasteiger partial charge in [-0.25, -0.2) is 0 Å². The topological polar surface area (TPSA) is 102 Å². The molecule has 1 aliphatic heterocycles. The average Bonchev–Trinajstić information content (AvgIpc) is 2.44. The van der Waals surface area contributed by atoms with E-state index in [1.54, 1.807) is 13.8 Å². The number of nitro benzene ring substituents is 1. The van der Waals surface area contributed by atoms with Gasteiger partial charge in [0.2, 0.25) is 5.91 Å². The molecule has 1 N–H and O–H groups in total. The maximum Gasteiger partial charge on any atom is 0.471 e. The Morgan fingerprint density at radius 2 is 1.96 bits per heavy atom. The number of benzene rings is 1. The summed E-state index contributed by atoms with van der Waals surface area (Å²) < 4.78 is 42.9. The van der Waals surface area contributed by atoms with Gasteiger partial charge in [0.05, 0.1) is 23.2 Å². The fourth-order valence-corrected chi connectivity index (χ4v) is 2.37. The maximum absolute atomic E-state index is 12.4. The third kappa shape index (κ3) is 3.80. The molecule has 0 aromatic heterocycles. The van der Waals surface area contributed by atoms with E-state index >= 15 is 0 Å². The summed E-state index contributed by atoms with van der Waals surface area (Å²) >= 11 is 0. The Labute approximate surface area is 139 Å². The predicted octanol–water partition coefficient (Wildman–Crippen LogP) is 2.62. The third-order valence-corrected chi connectivity index (χ3v) is 3.38. The van der Waals surface area contributed by atoms with Crippen molar-refractivity contribution in [2.45, 2.75) is 32.5 Å². The summed E-state index contributed by atoms with van der Waals surface area (Å²) in [6, 6.07) is 1.81. The molecule has 0 atom stereocenters. The van der Waals surface area contributed by atoms with Crippen molar-refractivity contribution in [3.8, 4) is 5.75 Å². The Bertz CT molecular complexity index is 761. The molecule has 0 aliphatic carbocycles. The van der Waals surface area contributed by atoms with E-state index in [2.05, 4.69) is 0 Å². The van der Waals surface area contributed by atoms with E-state index in [0.29, 0.717) is 0 Å². The van der Waals surface area contributed by atoms with Gasteiger partial charge in [-0.05, 0) is 19.9 Å². The number of nitrogens with one attached hydrogen (secondary N) is 1. The van der Waals surface area contributed by atoms with Crippen LogP contribution < -0.4 is 15.0 Å². The maximum atomic E-state index is 12.4. The van der Waals surface area contributed by atoms with Crippen molar-refractivity contribution in [2.75, 3.05) is 16.8 Å². The van der Waals surface area contributed by atoms with Crippen LogP contribution in [0.4, 0.5) is 30.2 Å². The van der Waals surface area contributed by atoms with Crippen molar-refractivity contribution in [2.24, 2.45) is 0 Å². The molecule has 8 nitrogen and oxygen atoms in total. The van der Waals surface area contributed by atoms with Crippen LogP contribution in [0.1, 0.15) is 20.8 Å². The summed E-state index contributed by atoms with van der Waals surface area (Å²) in [7, 11) is 0. The molecule has 25 heavy (non-hydrogen) atoms. The van der Waals surface area contributed by atoms with Gasteiger partial charge in [-0.1, -0.05) is 0 Å². The van der Waals surface area contributed by atoms with Crippen LogP contribution in [0, 0.1) is 10.1 Å². The summed E-state index contributed by atoms with van der Waals surface area (Å²) in [5, 5.41) is 12.6. The first-order chi connectivity index (χ1) is 11.3. The number of hydrogen-bond acceptors (Lipinski definition) is 5. The number of carbonyl (C=O) groups is 2. The SMILES string of the molecule is CC(=O)N1CC(C)(C)Oc2cc([N+](=O)[O-])c(NC(=O)C(F)(F)F)cc21. The van der Waals surface area contributed by atoms with Crippen LogP contribution in [0.2, 0.25) is 0 Å². The molecule has 0 saturated carbocycles. The van der Waals surface area contributed by atoms with Gasteiger partial charge in [-0.15, -0.1) is 0 Å². The number of fused-ring (bicyclic) bond motifs is 1. The molecule has 0 bridgehead atoms. The van der Waals surface area contributed by atoms with Crippen molar-refractivity contribution in [3.63, 3.8) is 0 Å². The molecule has 0 fully saturated rings. The first-order valence-corrected chi connectivity index (χ1v) is 6.99. The highest BCUT2D eigenvalue weighted by Crippen LogP contribution is 2.43. The molecule has 2 amide bonds. The first kappa shape index (κ1) is 18.5. The van der Waals surface area contributed by atoms with E-state index in [1.807, 2.05) is 0 Å². The van der Waals surface area contributed by atoms with Crippen LogP contribution in [-0.2, 0) is 9.59 Å². The number of ether oxygens (including phenoxy) is 1. The zero-order chi connectivity index (χ0) is 19.2. The molecule has 0 spiro atoms. The summed E-state index contributed by atoms with van der Waals surface area (Å²) in [6.45, 7) is 4.62. The van der Waals surface area contributed by atoms with Crippen LogP contribution in [0.3, 0.4) is 0 Å². The molecule has 1 aromatic carbocycles. The van der Waals surface area contributed by atoms with Crippen molar-refractivity contribution in [3.05, 3.63) is 22.2 Å². The number of halogens is 3. The number of nitrogens with zero attached hydrogens (tertiary/aromatic N) is 2. The Morgan fingerprint density at radius 3 is 2.44 bits per heavy atom. The van der Waals surface area contributed by atoms with Gasteiger partial charge >= 0.3 is 12.1 Å². The van der Waals surface area contributed by atoms with Gasteiger partial charge in [0, 0.05) is 6.92 Å². The van der Waals surface area contributed by atoms with E-state index < -0.39 is 39.9 Å². The molecule has 136 valence electrons. The Balaban J connectivity index is 2.59. The van der Waals surface area contributed by atoms with Gasteiger partial charge in [0.1, 0.15) is 11.3 Å². The number of amides is 2. The van der Waals surface area contributed by atoms with Crippen LogP contribution in [0.15, 0.2) is 12.1 Å². The van der Waals surface area contributed by atoms with Crippen LogP contribution >= 0.6 is 0 Å². The summed E-state index contributed by atoms with van der Waals surface area (Å²) in [4.78, 5) is 34.4. The molecule has 2 rings (SSSR count). The highest BCUT2D eigenvalue weighted by Gasteiger charge is 2.41. The fraction of sp³-hybridized carbons (Fsp3) is 0.429. The van der Waals surface area contributed by atoms with E-state index in [1.165, 1.54) is 17.1 Å². The molecule has 0 saturated heterocycles. The lowest BCUT2D eigenvalue weighted by Crippen LogP contribution is -2.48. The number of carbonyl (C=O) groups excluding carboxylic acids is 2. The lowest BCUT2D eigenvalue weighted by atomic mass is 10.0. The second kappa shape index (κ2) is 5.90. The molecular weight excluding hydrogens is 347 g/mol. The van der Waals surface area contributed by atoms with Gasteiger partial charge in [0.25, 0.3) is 5.69 Å². The van der Waals surface area contributed by atoms with Crippen LogP contribution in [0.5, 0.6) is 5.75 Å². The van der Waals surface area contributed by atoms with Crippen molar-refractivity contribution < 1.29 is 32.4 Å². The Morgan fingerprint density at radius 1 is 1.36 bits per heavy atom. The quantitative estimate of drug-likeness (QED) is 0.644. The van der Waals surface area contributed by atoms with Gasteiger partial charge < -0.3 is 15.0 Å².